The lowest BCUT2D eigenvalue weighted by Gasteiger charge is -2.07. The quantitative estimate of drug-likeness (QED) is 0.653. The fourth-order valence-corrected chi connectivity index (χ4v) is 1.12. The molecule has 1 aromatic rings. The van der Waals surface area contributed by atoms with Crippen molar-refractivity contribution in [3.63, 3.8) is 0 Å². The van der Waals surface area contributed by atoms with Crippen molar-refractivity contribution in [1.82, 2.24) is 0 Å². The molecule has 1 rings (SSSR count). The first-order valence-corrected chi connectivity index (χ1v) is 3.96. The van der Waals surface area contributed by atoms with Crippen molar-refractivity contribution in [2.45, 2.75) is 19.8 Å². The summed E-state index contributed by atoms with van der Waals surface area (Å²) < 4.78 is 26.2. The third-order valence-electron chi connectivity index (χ3n) is 1.85. The summed E-state index contributed by atoms with van der Waals surface area (Å²) >= 11 is 0. The maximum Gasteiger partial charge on any atom is 0.147 e. The zero-order valence-corrected chi connectivity index (χ0v) is 7.44. The highest BCUT2D eigenvalue weighted by atomic mass is 19.1. The van der Waals surface area contributed by atoms with Crippen molar-refractivity contribution in [2.24, 2.45) is 0 Å². The number of nitrogens with zero attached hydrogens (tertiary/aromatic N) is 1. The average Bonchev–Trinajstić information content (AvgIpc) is 2.04. The van der Waals surface area contributed by atoms with Gasteiger partial charge < -0.3 is 0 Å². The topological polar surface area (TPSA) is 23.8 Å². The molecule has 0 unspecified atom stereocenters. The molecule has 0 saturated heterocycles. The third-order valence-corrected chi connectivity index (χ3v) is 1.85. The van der Waals surface area contributed by atoms with Crippen molar-refractivity contribution >= 4 is 0 Å². The van der Waals surface area contributed by atoms with Crippen LogP contribution in [-0.2, 0) is 0 Å². The monoisotopic (exact) mass is 181 g/mol. The second kappa shape index (κ2) is 3.53. The van der Waals surface area contributed by atoms with Crippen molar-refractivity contribution in [3.8, 4) is 6.07 Å². The van der Waals surface area contributed by atoms with Gasteiger partial charge in [0.15, 0.2) is 0 Å². The molecule has 0 fully saturated rings. The zero-order valence-electron chi connectivity index (χ0n) is 7.44. The molecular formula is C10H9F2N. The lowest BCUT2D eigenvalue weighted by molar-refractivity contribution is 0.559. The Hall–Kier alpha value is -1.43. The van der Waals surface area contributed by atoms with Gasteiger partial charge in [0.2, 0.25) is 0 Å². The predicted octanol–water partition coefficient (Wildman–Crippen LogP) is 2.96. The number of hydrogen-bond donors (Lipinski definition) is 0. The summed E-state index contributed by atoms with van der Waals surface area (Å²) in [6.45, 7) is 3.58. The van der Waals surface area contributed by atoms with Crippen molar-refractivity contribution in [3.05, 3.63) is 34.9 Å². The number of halogens is 2. The largest absolute Gasteiger partial charge is 0.205 e. The Labute approximate surface area is 75.6 Å². The molecule has 1 nitrogen and oxygen atoms in total. The lowest BCUT2D eigenvalue weighted by atomic mass is 10.00. The molecule has 0 atom stereocenters. The fraction of sp³-hybridized carbons (Fsp3) is 0.300. The van der Waals surface area contributed by atoms with E-state index in [0.29, 0.717) is 5.56 Å². The molecule has 1 aromatic carbocycles. The van der Waals surface area contributed by atoms with Gasteiger partial charge in [-0.3, -0.25) is 0 Å². The molecule has 0 heterocycles. The number of nitriles is 1. The van der Waals surface area contributed by atoms with Gasteiger partial charge in [-0.15, -0.1) is 0 Å². The highest BCUT2D eigenvalue weighted by Crippen LogP contribution is 2.22. The average molecular weight is 181 g/mol. The summed E-state index contributed by atoms with van der Waals surface area (Å²) in [5.74, 6) is -1.59. The van der Waals surface area contributed by atoms with E-state index in [1.54, 1.807) is 13.8 Å². The molecule has 0 radical (unpaired) electrons. The molecule has 0 amide bonds. The minimum atomic E-state index is -0.801. The smallest absolute Gasteiger partial charge is 0.147 e. The van der Waals surface area contributed by atoms with Gasteiger partial charge in [-0.1, -0.05) is 19.9 Å². The number of rotatable bonds is 1. The first-order valence-electron chi connectivity index (χ1n) is 3.96. The minimum Gasteiger partial charge on any atom is -0.205 e. The molecule has 0 N–H and O–H groups in total. The van der Waals surface area contributed by atoms with Crippen LogP contribution < -0.4 is 0 Å². The first-order chi connectivity index (χ1) is 6.07. The number of hydrogen-bond acceptors (Lipinski definition) is 1. The molecule has 0 aliphatic rings. The van der Waals surface area contributed by atoms with E-state index in [9.17, 15) is 8.78 Å². The Morgan fingerprint density at radius 2 is 1.92 bits per heavy atom. The number of benzene rings is 1. The van der Waals surface area contributed by atoms with E-state index in [4.69, 9.17) is 5.26 Å². The Morgan fingerprint density at radius 1 is 1.31 bits per heavy atom. The lowest BCUT2D eigenvalue weighted by Crippen LogP contribution is -1.98. The van der Waals surface area contributed by atoms with E-state index in [0.717, 1.165) is 6.07 Å². The highest BCUT2D eigenvalue weighted by Gasteiger charge is 2.14. The standard InChI is InChI=1S/C10H9F2N/c1-6(2)7-3-4-9(11)8(5-13)10(7)12/h3-4,6H,1-2H3. The van der Waals surface area contributed by atoms with Gasteiger partial charge in [-0.2, -0.15) is 5.26 Å². The van der Waals surface area contributed by atoms with Crippen LogP contribution in [0, 0.1) is 23.0 Å². The van der Waals surface area contributed by atoms with Crippen molar-refractivity contribution in [1.29, 1.82) is 5.26 Å². The molecule has 0 spiro atoms. The second-order valence-corrected chi connectivity index (χ2v) is 3.09. The van der Waals surface area contributed by atoms with Gasteiger partial charge in [0.05, 0.1) is 0 Å². The van der Waals surface area contributed by atoms with Crippen LogP contribution in [0.15, 0.2) is 12.1 Å². The summed E-state index contributed by atoms with van der Waals surface area (Å²) in [5, 5.41) is 8.48. The normalized spacial score (nSPS) is 10.2. The van der Waals surface area contributed by atoms with Crippen LogP contribution in [0.25, 0.3) is 0 Å². The van der Waals surface area contributed by atoms with Crippen LogP contribution >= 0.6 is 0 Å². The maximum absolute atomic E-state index is 13.3. The van der Waals surface area contributed by atoms with E-state index >= 15 is 0 Å². The Bertz CT molecular complexity index is 364. The molecule has 0 bridgehead atoms. The van der Waals surface area contributed by atoms with Crippen LogP contribution in [0.4, 0.5) is 8.78 Å². The van der Waals surface area contributed by atoms with Crippen LogP contribution in [-0.4, -0.2) is 0 Å². The first kappa shape index (κ1) is 9.66. The van der Waals surface area contributed by atoms with Gasteiger partial charge >= 0.3 is 0 Å². The Kier molecular flexibility index (Phi) is 2.62. The van der Waals surface area contributed by atoms with Crippen LogP contribution in [0.5, 0.6) is 0 Å². The summed E-state index contributed by atoms with van der Waals surface area (Å²) in [6.07, 6.45) is 0. The molecular weight excluding hydrogens is 172 g/mol. The van der Waals surface area contributed by atoms with E-state index < -0.39 is 17.2 Å². The van der Waals surface area contributed by atoms with Crippen molar-refractivity contribution in [2.75, 3.05) is 0 Å². The van der Waals surface area contributed by atoms with Gasteiger partial charge in [0, 0.05) is 0 Å². The van der Waals surface area contributed by atoms with Gasteiger partial charge in [-0.05, 0) is 17.5 Å². The van der Waals surface area contributed by atoms with Crippen molar-refractivity contribution < 1.29 is 8.78 Å². The van der Waals surface area contributed by atoms with Crippen LogP contribution in [0.1, 0.15) is 30.9 Å². The van der Waals surface area contributed by atoms with Gasteiger partial charge in [-0.25, -0.2) is 8.78 Å². The van der Waals surface area contributed by atoms with Crippen LogP contribution in [0.3, 0.4) is 0 Å². The van der Waals surface area contributed by atoms with E-state index in [-0.39, 0.29) is 5.92 Å². The Morgan fingerprint density at radius 3 is 2.38 bits per heavy atom. The summed E-state index contributed by atoms with van der Waals surface area (Å²) in [4.78, 5) is 0. The van der Waals surface area contributed by atoms with E-state index in [2.05, 4.69) is 0 Å². The predicted molar refractivity (Wildman–Crippen MR) is 45.2 cm³/mol. The fourth-order valence-electron chi connectivity index (χ4n) is 1.12. The molecule has 0 aliphatic heterocycles. The molecule has 68 valence electrons. The molecule has 13 heavy (non-hydrogen) atoms. The summed E-state index contributed by atoms with van der Waals surface area (Å²) in [7, 11) is 0. The molecule has 0 saturated carbocycles. The summed E-state index contributed by atoms with van der Waals surface area (Å²) in [6, 6.07) is 4.00. The minimum absolute atomic E-state index is 0.0484. The highest BCUT2D eigenvalue weighted by molar-refractivity contribution is 5.37. The Balaban J connectivity index is 3.38. The van der Waals surface area contributed by atoms with Crippen LogP contribution in [0.2, 0.25) is 0 Å². The maximum atomic E-state index is 13.3. The SMILES string of the molecule is CC(C)c1ccc(F)c(C#N)c1F. The second-order valence-electron chi connectivity index (χ2n) is 3.09. The van der Waals surface area contributed by atoms with Gasteiger partial charge in [0.1, 0.15) is 23.3 Å². The zero-order chi connectivity index (χ0) is 10.0. The van der Waals surface area contributed by atoms with E-state index in [1.165, 1.54) is 12.1 Å². The van der Waals surface area contributed by atoms with E-state index in [1.807, 2.05) is 0 Å². The molecule has 0 aromatic heterocycles. The molecule has 3 heteroatoms. The summed E-state index contributed by atoms with van der Waals surface area (Å²) in [5.41, 5.74) is -0.121. The van der Waals surface area contributed by atoms with Gasteiger partial charge in [0.25, 0.3) is 0 Å². The third kappa shape index (κ3) is 1.67. The molecule has 0 aliphatic carbocycles.